The molecule has 0 fully saturated rings. The summed E-state index contributed by atoms with van der Waals surface area (Å²) in [5, 5.41) is 4.60. The third-order valence-corrected chi connectivity index (χ3v) is 3.62. The van der Waals surface area contributed by atoms with Crippen molar-refractivity contribution in [2.45, 2.75) is 45.7 Å². The van der Waals surface area contributed by atoms with Gasteiger partial charge in [-0.2, -0.15) is 5.10 Å². The number of hydrogen-bond acceptors (Lipinski definition) is 3. The quantitative estimate of drug-likeness (QED) is 0.628. The lowest BCUT2D eigenvalue weighted by atomic mass is 9.96. The second-order valence-electron chi connectivity index (χ2n) is 5.36. The average molecular weight is 272 g/mol. The molecule has 0 radical (unpaired) electrons. The van der Waals surface area contributed by atoms with Crippen molar-refractivity contribution >= 4 is 0 Å². The van der Waals surface area contributed by atoms with E-state index in [4.69, 9.17) is 5.84 Å². The molecule has 108 valence electrons. The van der Waals surface area contributed by atoms with Crippen LogP contribution in [0, 0.1) is 0 Å². The molecule has 0 spiro atoms. The molecule has 0 saturated heterocycles. The number of hydrazine groups is 1. The molecule has 2 aromatic rings. The number of hydrogen-bond donors (Lipinski definition) is 2. The molecule has 1 aromatic carbocycles. The summed E-state index contributed by atoms with van der Waals surface area (Å²) in [6.07, 6.45) is 3.83. The third-order valence-electron chi connectivity index (χ3n) is 3.62. The van der Waals surface area contributed by atoms with Gasteiger partial charge in [-0.25, -0.2) is 0 Å². The molecule has 2 rings (SSSR count). The van der Waals surface area contributed by atoms with Crippen LogP contribution >= 0.6 is 0 Å². The summed E-state index contributed by atoms with van der Waals surface area (Å²) in [7, 11) is 0. The first-order valence-corrected chi connectivity index (χ1v) is 7.23. The Kier molecular flexibility index (Phi) is 4.93. The summed E-state index contributed by atoms with van der Waals surface area (Å²) in [5.41, 5.74) is 6.59. The van der Waals surface area contributed by atoms with Crippen molar-refractivity contribution < 1.29 is 0 Å². The molecule has 4 nitrogen and oxygen atoms in total. The molecular weight excluding hydrogens is 248 g/mol. The summed E-state index contributed by atoms with van der Waals surface area (Å²) in [6, 6.07) is 11.0. The van der Waals surface area contributed by atoms with Gasteiger partial charge in [-0.3, -0.25) is 16.0 Å². The minimum absolute atomic E-state index is 0.0988. The fourth-order valence-corrected chi connectivity index (χ4v) is 2.44. The summed E-state index contributed by atoms with van der Waals surface area (Å²) in [5.74, 6) is 5.76. The summed E-state index contributed by atoms with van der Waals surface area (Å²) >= 11 is 0. The molecule has 1 heterocycles. The Bertz CT molecular complexity index is 545. The summed E-state index contributed by atoms with van der Waals surface area (Å²) < 4.78 is 1.98. The minimum atomic E-state index is 0.0988. The number of nitrogens with one attached hydrogen (secondary N) is 1. The Hall–Kier alpha value is -1.65. The van der Waals surface area contributed by atoms with Crippen molar-refractivity contribution in [2.75, 3.05) is 0 Å². The maximum absolute atomic E-state index is 5.76. The first kappa shape index (κ1) is 14.8. The topological polar surface area (TPSA) is 55.9 Å². The monoisotopic (exact) mass is 272 g/mol. The van der Waals surface area contributed by atoms with Crippen molar-refractivity contribution in [3.63, 3.8) is 0 Å². The van der Waals surface area contributed by atoms with Gasteiger partial charge < -0.3 is 0 Å². The smallest absolute Gasteiger partial charge is 0.0644 e. The third kappa shape index (κ3) is 3.26. The molecule has 0 aliphatic heterocycles. The number of benzene rings is 1. The molecule has 0 aliphatic rings. The molecule has 3 N–H and O–H groups in total. The molecule has 1 atom stereocenters. The maximum atomic E-state index is 5.76. The van der Waals surface area contributed by atoms with Gasteiger partial charge in [0.15, 0.2) is 0 Å². The number of rotatable bonds is 6. The number of aromatic nitrogens is 2. The molecule has 0 aliphatic carbocycles. The van der Waals surface area contributed by atoms with Crippen LogP contribution in [0.4, 0.5) is 0 Å². The largest absolute Gasteiger partial charge is 0.271 e. The lowest BCUT2D eigenvalue weighted by Gasteiger charge is -2.18. The Labute approximate surface area is 121 Å². The zero-order valence-corrected chi connectivity index (χ0v) is 12.5. The molecule has 20 heavy (non-hydrogen) atoms. The van der Waals surface area contributed by atoms with E-state index in [0.29, 0.717) is 6.04 Å². The standard InChI is InChI=1S/C16H24N4/c1-4-13-7-5-6-8-15(13)16(18-17)11-14-9-10-20(19-14)12(2)3/h5-10,12,16,18H,4,11,17H2,1-3H3. The van der Waals surface area contributed by atoms with Crippen LogP contribution in [0.3, 0.4) is 0 Å². The van der Waals surface area contributed by atoms with Crippen molar-refractivity contribution in [2.24, 2.45) is 5.84 Å². The SMILES string of the molecule is CCc1ccccc1C(Cc1ccn(C(C)C)n1)NN. The summed E-state index contributed by atoms with van der Waals surface area (Å²) in [6.45, 7) is 6.42. The van der Waals surface area contributed by atoms with E-state index in [1.165, 1.54) is 11.1 Å². The molecule has 0 bridgehead atoms. The normalized spacial score (nSPS) is 12.8. The Balaban J connectivity index is 2.19. The number of nitrogens with zero attached hydrogens (tertiary/aromatic N) is 2. The number of aryl methyl sites for hydroxylation is 1. The van der Waals surface area contributed by atoms with Crippen molar-refractivity contribution in [3.8, 4) is 0 Å². The van der Waals surface area contributed by atoms with Crippen LogP contribution < -0.4 is 11.3 Å². The fraction of sp³-hybridized carbons (Fsp3) is 0.438. The van der Waals surface area contributed by atoms with Gasteiger partial charge in [0.1, 0.15) is 0 Å². The first-order chi connectivity index (χ1) is 9.65. The predicted molar refractivity (Wildman–Crippen MR) is 82.2 cm³/mol. The fourth-order valence-electron chi connectivity index (χ4n) is 2.44. The van der Waals surface area contributed by atoms with E-state index < -0.39 is 0 Å². The van der Waals surface area contributed by atoms with Crippen LogP contribution in [0.15, 0.2) is 36.5 Å². The Morgan fingerprint density at radius 1 is 1.25 bits per heavy atom. The second-order valence-corrected chi connectivity index (χ2v) is 5.36. The highest BCUT2D eigenvalue weighted by molar-refractivity contribution is 5.30. The lowest BCUT2D eigenvalue weighted by molar-refractivity contribution is 0.505. The van der Waals surface area contributed by atoms with Gasteiger partial charge in [0, 0.05) is 18.7 Å². The molecule has 1 unspecified atom stereocenters. The van der Waals surface area contributed by atoms with E-state index in [1.54, 1.807) is 0 Å². The first-order valence-electron chi connectivity index (χ1n) is 7.23. The van der Waals surface area contributed by atoms with Crippen LogP contribution in [0.2, 0.25) is 0 Å². The van der Waals surface area contributed by atoms with Gasteiger partial charge in [0.25, 0.3) is 0 Å². The van der Waals surface area contributed by atoms with Crippen LogP contribution in [-0.2, 0) is 12.8 Å². The van der Waals surface area contributed by atoms with Gasteiger partial charge in [0.2, 0.25) is 0 Å². The highest BCUT2D eigenvalue weighted by Gasteiger charge is 2.15. The zero-order valence-electron chi connectivity index (χ0n) is 12.5. The van der Waals surface area contributed by atoms with Crippen LogP contribution in [0.1, 0.15) is 49.7 Å². The van der Waals surface area contributed by atoms with Crippen LogP contribution in [-0.4, -0.2) is 9.78 Å². The van der Waals surface area contributed by atoms with Crippen LogP contribution in [0.25, 0.3) is 0 Å². The van der Waals surface area contributed by atoms with E-state index in [0.717, 1.165) is 18.5 Å². The Morgan fingerprint density at radius 2 is 2.00 bits per heavy atom. The van der Waals surface area contributed by atoms with Crippen molar-refractivity contribution in [3.05, 3.63) is 53.3 Å². The van der Waals surface area contributed by atoms with Crippen LogP contribution in [0.5, 0.6) is 0 Å². The molecule has 0 amide bonds. The maximum Gasteiger partial charge on any atom is 0.0644 e. The predicted octanol–water partition coefficient (Wildman–Crippen LogP) is 2.77. The van der Waals surface area contributed by atoms with Gasteiger partial charge in [-0.05, 0) is 37.5 Å². The van der Waals surface area contributed by atoms with Gasteiger partial charge in [-0.15, -0.1) is 0 Å². The highest BCUT2D eigenvalue weighted by Crippen LogP contribution is 2.21. The zero-order chi connectivity index (χ0) is 14.5. The highest BCUT2D eigenvalue weighted by atomic mass is 15.3. The average Bonchev–Trinajstić information content (AvgIpc) is 2.93. The Morgan fingerprint density at radius 3 is 2.60 bits per heavy atom. The lowest BCUT2D eigenvalue weighted by Crippen LogP contribution is -2.30. The molecule has 4 heteroatoms. The van der Waals surface area contributed by atoms with E-state index in [2.05, 4.69) is 61.6 Å². The molecular formula is C16H24N4. The van der Waals surface area contributed by atoms with E-state index in [9.17, 15) is 0 Å². The van der Waals surface area contributed by atoms with Gasteiger partial charge in [-0.1, -0.05) is 31.2 Å². The van der Waals surface area contributed by atoms with E-state index in [-0.39, 0.29) is 6.04 Å². The summed E-state index contributed by atoms with van der Waals surface area (Å²) in [4.78, 5) is 0. The van der Waals surface area contributed by atoms with E-state index in [1.807, 2.05) is 10.9 Å². The van der Waals surface area contributed by atoms with Crippen molar-refractivity contribution in [1.82, 2.24) is 15.2 Å². The minimum Gasteiger partial charge on any atom is -0.271 e. The molecule has 1 aromatic heterocycles. The molecule has 0 saturated carbocycles. The van der Waals surface area contributed by atoms with E-state index >= 15 is 0 Å². The van der Waals surface area contributed by atoms with Crippen molar-refractivity contribution in [1.29, 1.82) is 0 Å². The van der Waals surface area contributed by atoms with Gasteiger partial charge >= 0.3 is 0 Å². The second kappa shape index (κ2) is 6.68. The van der Waals surface area contributed by atoms with Gasteiger partial charge in [0.05, 0.1) is 11.7 Å². The number of nitrogens with two attached hydrogens (primary N) is 1.